The van der Waals surface area contributed by atoms with Crippen LogP contribution in [0.3, 0.4) is 0 Å². The zero-order valence-electron chi connectivity index (χ0n) is 10.0. The molecule has 94 valence electrons. The smallest absolute Gasteiger partial charge is 0.234 e. The van der Waals surface area contributed by atoms with Crippen molar-refractivity contribution in [1.29, 1.82) is 0 Å². The molecule has 0 saturated heterocycles. The molecule has 0 unspecified atom stereocenters. The quantitative estimate of drug-likeness (QED) is 0.788. The lowest BCUT2D eigenvalue weighted by Gasteiger charge is -2.27. The largest absolute Gasteiger partial charge is 0.329 e. The molecule has 0 radical (unpaired) electrons. The number of anilines is 1. The molecule has 5 nitrogen and oxygen atoms in total. The monoisotopic (exact) mass is 256 g/mol. The Bertz CT molecular complexity index is 385. The summed E-state index contributed by atoms with van der Waals surface area (Å²) in [6.07, 6.45) is 2.84. The van der Waals surface area contributed by atoms with Gasteiger partial charge in [-0.25, -0.2) is 9.97 Å². The second-order valence-electron chi connectivity index (χ2n) is 3.85. The molecule has 0 atom stereocenters. The average molecular weight is 257 g/mol. The first kappa shape index (κ1) is 13.9. The molecule has 1 aromatic heterocycles. The summed E-state index contributed by atoms with van der Waals surface area (Å²) in [6, 6.07) is 1.55. The zero-order valence-corrected chi connectivity index (χ0v) is 10.8. The lowest BCUT2D eigenvalue weighted by atomic mass is 9.81. The molecule has 6 heteroatoms. The van der Waals surface area contributed by atoms with Crippen LogP contribution in [-0.2, 0) is 4.79 Å². The van der Waals surface area contributed by atoms with E-state index >= 15 is 0 Å². The van der Waals surface area contributed by atoms with Gasteiger partial charge in [-0.15, -0.1) is 0 Å². The van der Waals surface area contributed by atoms with Crippen molar-refractivity contribution in [1.82, 2.24) is 9.97 Å². The van der Waals surface area contributed by atoms with E-state index < -0.39 is 5.41 Å². The molecule has 1 aromatic rings. The lowest BCUT2D eigenvalue weighted by Crippen LogP contribution is -2.41. The predicted octanol–water partition coefficient (Wildman–Crippen LogP) is 1.83. The van der Waals surface area contributed by atoms with E-state index in [1.165, 1.54) is 6.20 Å². The van der Waals surface area contributed by atoms with Crippen LogP contribution in [0, 0.1) is 5.41 Å². The van der Waals surface area contributed by atoms with E-state index in [1.807, 2.05) is 13.8 Å². The third-order valence-corrected chi connectivity index (χ3v) is 3.28. The fraction of sp³-hybridized carbons (Fsp3) is 0.545. The van der Waals surface area contributed by atoms with Gasteiger partial charge in [0.15, 0.2) is 0 Å². The highest BCUT2D eigenvalue weighted by molar-refractivity contribution is 6.29. The number of aromatic nitrogens is 2. The summed E-state index contributed by atoms with van der Waals surface area (Å²) >= 11 is 5.72. The Labute approximate surface area is 106 Å². The number of hydrogen-bond donors (Lipinski definition) is 2. The molecular formula is C11H17ClN4O. The van der Waals surface area contributed by atoms with Gasteiger partial charge in [0.05, 0.1) is 5.41 Å². The summed E-state index contributed by atoms with van der Waals surface area (Å²) in [6.45, 7) is 4.18. The summed E-state index contributed by atoms with van der Waals surface area (Å²) in [5.41, 5.74) is 5.12. The van der Waals surface area contributed by atoms with E-state index in [0.717, 1.165) is 0 Å². The first-order valence-corrected chi connectivity index (χ1v) is 5.96. The van der Waals surface area contributed by atoms with Crippen LogP contribution in [0.5, 0.6) is 0 Å². The standard InChI is InChI=1S/C11H17ClN4O/c1-3-11(4-2,7-13)9(17)16-10-14-6-5-8(12)15-10/h5-6H,3-4,7,13H2,1-2H3,(H,14,15,16,17). The molecule has 3 N–H and O–H groups in total. The SMILES string of the molecule is CCC(CC)(CN)C(=O)Nc1nccc(Cl)n1. The summed E-state index contributed by atoms with van der Waals surface area (Å²) in [5.74, 6) is 0.0505. The van der Waals surface area contributed by atoms with Gasteiger partial charge >= 0.3 is 0 Å². The second kappa shape index (κ2) is 5.93. The highest BCUT2D eigenvalue weighted by Crippen LogP contribution is 2.26. The molecule has 1 rings (SSSR count). The highest BCUT2D eigenvalue weighted by Gasteiger charge is 2.33. The normalized spacial score (nSPS) is 11.3. The van der Waals surface area contributed by atoms with Crippen LogP contribution in [-0.4, -0.2) is 22.4 Å². The summed E-state index contributed by atoms with van der Waals surface area (Å²) in [4.78, 5) is 20.0. The Kier molecular flexibility index (Phi) is 4.84. The van der Waals surface area contributed by atoms with Crippen LogP contribution in [0.25, 0.3) is 0 Å². The highest BCUT2D eigenvalue weighted by atomic mass is 35.5. The van der Waals surface area contributed by atoms with Crippen LogP contribution in [0.2, 0.25) is 5.15 Å². The number of rotatable bonds is 5. The summed E-state index contributed by atoms with van der Waals surface area (Å²) in [5, 5.41) is 2.94. The first-order valence-electron chi connectivity index (χ1n) is 5.58. The Balaban J connectivity index is 2.84. The van der Waals surface area contributed by atoms with E-state index in [4.69, 9.17) is 17.3 Å². The minimum atomic E-state index is -0.564. The molecule has 0 aliphatic rings. The number of nitrogens with one attached hydrogen (secondary N) is 1. The van der Waals surface area contributed by atoms with Gasteiger partial charge in [0, 0.05) is 12.7 Å². The number of hydrogen-bond acceptors (Lipinski definition) is 4. The van der Waals surface area contributed by atoms with Crippen molar-refractivity contribution in [3.05, 3.63) is 17.4 Å². The molecule has 1 heterocycles. The zero-order chi connectivity index (χ0) is 12.9. The molecule has 0 spiro atoms. The first-order chi connectivity index (χ1) is 8.07. The maximum Gasteiger partial charge on any atom is 0.234 e. The van der Waals surface area contributed by atoms with Crippen molar-refractivity contribution in [2.75, 3.05) is 11.9 Å². The van der Waals surface area contributed by atoms with Gasteiger partial charge in [-0.05, 0) is 18.9 Å². The van der Waals surface area contributed by atoms with Crippen LogP contribution >= 0.6 is 11.6 Å². The molecule has 0 aliphatic heterocycles. The maximum atomic E-state index is 12.1. The number of halogens is 1. The maximum absolute atomic E-state index is 12.1. The van der Waals surface area contributed by atoms with Crippen LogP contribution in [0.4, 0.5) is 5.95 Å². The van der Waals surface area contributed by atoms with Crippen molar-refractivity contribution >= 4 is 23.5 Å². The molecule has 0 fully saturated rings. The Morgan fingerprint density at radius 2 is 2.18 bits per heavy atom. The van der Waals surface area contributed by atoms with Gasteiger partial charge in [0.25, 0.3) is 0 Å². The fourth-order valence-electron chi connectivity index (χ4n) is 1.58. The van der Waals surface area contributed by atoms with Crippen LogP contribution in [0.15, 0.2) is 12.3 Å². The van der Waals surface area contributed by atoms with Crippen LogP contribution in [0.1, 0.15) is 26.7 Å². The third kappa shape index (κ3) is 3.14. The van der Waals surface area contributed by atoms with Gasteiger partial charge in [-0.3, -0.25) is 10.1 Å². The van der Waals surface area contributed by atoms with Gasteiger partial charge in [-0.2, -0.15) is 0 Å². The molecule has 0 aliphatic carbocycles. The van der Waals surface area contributed by atoms with Crippen molar-refractivity contribution in [2.24, 2.45) is 11.1 Å². The minimum absolute atomic E-state index is 0.160. The van der Waals surface area contributed by atoms with Crippen molar-refractivity contribution in [2.45, 2.75) is 26.7 Å². The number of amides is 1. The number of nitrogens with zero attached hydrogens (tertiary/aromatic N) is 2. The summed E-state index contributed by atoms with van der Waals surface area (Å²) < 4.78 is 0. The number of carbonyl (C=O) groups is 1. The Morgan fingerprint density at radius 1 is 1.53 bits per heavy atom. The summed E-state index contributed by atoms with van der Waals surface area (Å²) in [7, 11) is 0. The van der Waals surface area contributed by atoms with Crippen molar-refractivity contribution in [3.63, 3.8) is 0 Å². The molecule has 1 amide bonds. The van der Waals surface area contributed by atoms with Crippen molar-refractivity contribution < 1.29 is 4.79 Å². The van der Waals surface area contributed by atoms with E-state index in [-0.39, 0.29) is 11.9 Å². The number of carbonyl (C=O) groups excluding carboxylic acids is 1. The van der Waals surface area contributed by atoms with Gasteiger partial charge in [-0.1, -0.05) is 25.4 Å². The van der Waals surface area contributed by atoms with Gasteiger partial charge in [0.2, 0.25) is 11.9 Å². The van der Waals surface area contributed by atoms with Gasteiger partial charge < -0.3 is 5.73 Å². The average Bonchev–Trinajstić information content (AvgIpc) is 2.32. The minimum Gasteiger partial charge on any atom is -0.329 e. The van der Waals surface area contributed by atoms with E-state index in [0.29, 0.717) is 24.5 Å². The third-order valence-electron chi connectivity index (χ3n) is 3.07. The van der Waals surface area contributed by atoms with E-state index in [1.54, 1.807) is 6.07 Å². The van der Waals surface area contributed by atoms with Crippen molar-refractivity contribution in [3.8, 4) is 0 Å². The van der Waals surface area contributed by atoms with Gasteiger partial charge in [0.1, 0.15) is 5.15 Å². The molecule has 0 bridgehead atoms. The molecule has 0 saturated carbocycles. The topological polar surface area (TPSA) is 80.9 Å². The lowest BCUT2D eigenvalue weighted by molar-refractivity contribution is -0.125. The Morgan fingerprint density at radius 3 is 2.65 bits per heavy atom. The Hall–Kier alpha value is -1.20. The number of nitrogens with two attached hydrogens (primary N) is 1. The molecule has 17 heavy (non-hydrogen) atoms. The van der Waals surface area contributed by atoms with E-state index in [9.17, 15) is 4.79 Å². The fourth-order valence-corrected chi connectivity index (χ4v) is 1.72. The second-order valence-corrected chi connectivity index (χ2v) is 4.24. The van der Waals surface area contributed by atoms with E-state index in [2.05, 4.69) is 15.3 Å². The molecular weight excluding hydrogens is 240 g/mol. The molecule has 0 aromatic carbocycles. The van der Waals surface area contributed by atoms with Crippen LogP contribution < -0.4 is 11.1 Å². The predicted molar refractivity (Wildman–Crippen MR) is 67.7 cm³/mol.